The number of rotatable bonds is 5. The summed E-state index contributed by atoms with van der Waals surface area (Å²) in [5, 5.41) is 0. The molecule has 4 nitrogen and oxygen atoms in total. The van der Waals surface area contributed by atoms with Crippen LogP contribution in [0.5, 0.6) is 0 Å². The molecule has 0 aromatic rings. The van der Waals surface area contributed by atoms with Crippen molar-refractivity contribution in [1.29, 1.82) is 0 Å². The Morgan fingerprint density at radius 2 is 2.00 bits per heavy atom. The Balaban J connectivity index is 3.03. The highest BCUT2D eigenvalue weighted by Gasteiger charge is 1.96. The number of hydrogen-bond donors (Lipinski definition) is 0. The molecule has 0 aromatic carbocycles. The van der Waals surface area contributed by atoms with Gasteiger partial charge in [-0.1, -0.05) is 0 Å². The van der Waals surface area contributed by atoms with E-state index in [0.29, 0.717) is 0 Å². The fraction of sp³-hybridized carbons (Fsp3) is 0.667. The molecule has 0 aliphatic carbocycles. The van der Waals surface area contributed by atoms with E-state index in [1.165, 1.54) is 6.92 Å². The van der Waals surface area contributed by atoms with E-state index in [1.807, 2.05) is 0 Å². The average Bonchev–Trinajstić information content (AvgIpc) is 1.85. The minimum atomic E-state index is -0.864. The van der Waals surface area contributed by atoms with Gasteiger partial charge in [0.15, 0.2) is 5.78 Å². The maximum atomic E-state index is 10.3. The summed E-state index contributed by atoms with van der Waals surface area (Å²) < 4.78 is 9.07. The van der Waals surface area contributed by atoms with E-state index in [9.17, 15) is 9.59 Å². The topological polar surface area (TPSA) is 52.6 Å². The highest BCUT2D eigenvalue weighted by molar-refractivity contribution is 6.61. The van der Waals surface area contributed by atoms with Crippen LogP contribution in [0.2, 0.25) is 0 Å². The van der Waals surface area contributed by atoms with Gasteiger partial charge in [-0.15, -0.1) is 0 Å². The van der Waals surface area contributed by atoms with Crippen molar-refractivity contribution in [3.05, 3.63) is 0 Å². The maximum absolute atomic E-state index is 10.3. The summed E-state index contributed by atoms with van der Waals surface area (Å²) in [4.78, 5) is 20.2. The van der Waals surface area contributed by atoms with Crippen LogP contribution in [0.4, 0.5) is 4.79 Å². The highest BCUT2D eigenvalue weighted by Crippen LogP contribution is 1.86. The molecule has 0 bridgehead atoms. The predicted molar refractivity (Wildman–Crippen MR) is 38.7 cm³/mol. The number of ketones is 1. The van der Waals surface area contributed by atoms with E-state index in [1.54, 1.807) is 0 Å². The molecule has 0 saturated heterocycles. The van der Waals surface area contributed by atoms with Gasteiger partial charge in [-0.2, -0.15) is 0 Å². The number of halogens is 1. The molecule has 0 rings (SSSR count). The smallest absolute Gasteiger partial charge is 0.403 e. The van der Waals surface area contributed by atoms with Crippen molar-refractivity contribution in [2.24, 2.45) is 0 Å². The molecule has 0 heterocycles. The second-order valence-corrected chi connectivity index (χ2v) is 2.15. The van der Waals surface area contributed by atoms with Crippen LogP contribution in [0.3, 0.4) is 0 Å². The van der Waals surface area contributed by atoms with E-state index < -0.39 is 5.43 Å². The third-order valence-corrected chi connectivity index (χ3v) is 0.858. The fourth-order valence-corrected chi connectivity index (χ4v) is 0.474. The Kier molecular flexibility index (Phi) is 5.78. The lowest BCUT2D eigenvalue weighted by Crippen LogP contribution is -2.10. The molecule has 11 heavy (non-hydrogen) atoms. The van der Waals surface area contributed by atoms with Gasteiger partial charge in [-0.3, -0.25) is 4.79 Å². The maximum Gasteiger partial charge on any atom is 0.403 e. The van der Waals surface area contributed by atoms with Crippen molar-refractivity contribution in [2.45, 2.75) is 6.92 Å². The molecule has 5 heteroatoms. The van der Waals surface area contributed by atoms with Crippen LogP contribution >= 0.6 is 11.6 Å². The van der Waals surface area contributed by atoms with Gasteiger partial charge in [-0.05, 0) is 6.92 Å². The van der Waals surface area contributed by atoms with Gasteiger partial charge in [0.1, 0.15) is 13.2 Å². The normalized spacial score (nSPS) is 9.27. The Labute approximate surface area is 69.4 Å². The van der Waals surface area contributed by atoms with Gasteiger partial charge in [0.25, 0.3) is 0 Å². The summed E-state index contributed by atoms with van der Waals surface area (Å²) in [5.74, 6) is -0.0674. The Bertz CT molecular complexity index is 130. The second-order valence-electron chi connectivity index (χ2n) is 1.84. The molecule has 0 aliphatic heterocycles. The van der Waals surface area contributed by atoms with Gasteiger partial charge in [0.05, 0.1) is 6.61 Å². The van der Waals surface area contributed by atoms with Gasteiger partial charge in [0.2, 0.25) is 0 Å². The summed E-state index contributed by atoms with van der Waals surface area (Å²) in [7, 11) is 0. The molecule has 0 spiro atoms. The summed E-state index contributed by atoms with van der Waals surface area (Å²) in [6.07, 6.45) is 0. The number of carbonyl (C=O) groups is 2. The van der Waals surface area contributed by atoms with Crippen LogP contribution in [0, 0.1) is 0 Å². The van der Waals surface area contributed by atoms with Gasteiger partial charge >= 0.3 is 5.43 Å². The van der Waals surface area contributed by atoms with E-state index in [2.05, 4.69) is 4.74 Å². The Morgan fingerprint density at radius 3 is 2.45 bits per heavy atom. The summed E-state index contributed by atoms with van der Waals surface area (Å²) >= 11 is 4.84. The SMILES string of the molecule is CC(=O)COCCOC(=O)Cl. The zero-order valence-electron chi connectivity index (χ0n) is 6.13. The number of hydrogen-bond acceptors (Lipinski definition) is 4. The molecule has 0 aromatic heterocycles. The largest absolute Gasteiger partial charge is 0.451 e. The number of carbonyl (C=O) groups excluding carboxylic acids is 2. The van der Waals surface area contributed by atoms with E-state index >= 15 is 0 Å². The van der Waals surface area contributed by atoms with Crippen LogP contribution < -0.4 is 0 Å². The average molecular weight is 181 g/mol. The van der Waals surface area contributed by atoms with E-state index in [0.717, 1.165) is 0 Å². The predicted octanol–water partition coefficient (Wildman–Crippen LogP) is 0.967. The zero-order valence-corrected chi connectivity index (χ0v) is 6.89. The first kappa shape index (κ1) is 10.4. The summed E-state index contributed by atoms with van der Waals surface area (Å²) in [5.41, 5.74) is -0.864. The van der Waals surface area contributed by atoms with Crippen LogP contribution in [0.1, 0.15) is 6.92 Å². The van der Waals surface area contributed by atoms with Crippen molar-refractivity contribution in [3.8, 4) is 0 Å². The quantitative estimate of drug-likeness (QED) is 0.467. The van der Waals surface area contributed by atoms with Crippen LogP contribution in [0.15, 0.2) is 0 Å². The van der Waals surface area contributed by atoms with Crippen LogP contribution in [-0.4, -0.2) is 31.0 Å². The zero-order chi connectivity index (χ0) is 8.69. The lowest BCUT2D eigenvalue weighted by atomic mass is 10.5. The first-order valence-corrected chi connectivity index (χ1v) is 3.40. The minimum Gasteiger partial charge on any atom is -0.451 e. The Morgan fingerprint density at radius 1 is 1.36 bits per heavy atom. The lowest BCUT2D eigenvalue weighted by Gasteiger charge is -2.00. The molecular weight excluding hydrogens is 172 g/mol. The first-order valence-electron chi connectivity index (χ1n) is 3.02. The molecule has 0 atom stereocenters. The standard InChI is InChI=1S/C6H9ClO4/c1-5(8)4-10-2-3-11-6(7)9/h2-4H2,1H3. The second kappa shape index (κ2) is 6.12. The third kappa shape index (κ3) is 9.39. The van der Waals surface area contributed by atoms with Crippen molar-refractivity contribution in [2.75, 3.05) is 19.8 Å². The lowest BCUT2D eigenvalue weighted by molar-refractivity contribution is -0.121. The molecule has 0 unspecified atom stereocenters. The summed E-state index contributed by atoms with van der Waals surface area (Å²) in [6, 6.07) is 0. The monoisotopic (exact) mass is 180 g/mol. The molecule has 0 saturated carbocycles. The number of ether oxygens (including phenoxy) is 2. The van der Waals surface area contributed by atoms with Crippen molar-refractivity contribution in [1.82, 2.24) is 0 Å². The van der Waals surface area contributed by atoms with E-state index in [4.69, 9.17) is 16.3 Å². The fourth-order valence-electron chi connectivity index (χ4n) is 0.397. The van der Waals surface area contributed by atoms with Gasteiger partial charge in [0, 0.05) is 11.6 Å². The van der Waals surface area contributed by atoms with E-state index in [-0.39, 0.29) is 25.6 Å². The van der Waals surface area contributed by atoms with Crippen molar-refractivity contribution >= 4 is 22.8 Å². The van der Waals surface area contributed by atoms with Crippen molar-refractivity contribution in [3.63, 3.8) is 0 Å². The first-order chi connectivity index (χ1) is 5.13. The van der Waals surface area contributed by atoms with Gasteiger partial charge < -0.3 is 9.47 Å². The molecule has 0 amide bonds. The highest BCUT2D eigenvalue weighted by atomic mass is 35.5. The van der Waals surface area contributed by atoms with Crippen molar-refractivity contribution < 1.29 is 19.1 Å². The molecule has 0 radical (unpaired) electrons. The number of Topliss-reactive ketones (excluding diaryl/α,β-unsaturated/α-hetero) is 1. The minimum absolute atomic E-state index is 0.0415. The van der Waals surface area contributed by atoms with Gasteiger partial charge in [-0.25, -0.2) is 4.79 Å². The molecular formula is C6H9ClO4. The molecule has 64 valence electrons. The van der Waals surface area contributed by atoms with Crippen LogP contribution in [-0.2, 0) is 14.3 Å². The van der Waals surface area contributed by atoms with Crippen LogP contribution in [0.25, 0.3) is 0 Å². The molecule has 0 fully saturated rings. The molecule has 0 N–H and O–H groups in total. The summed E-state index contributed by atoms with van der Waals surface area (Å²) in [6.45, 7) is 1.72. The molecule has 0 aliphatic rings. The third-order valence-electron chi connectivity index (χ3n) is 0.749. The Hall–Kier alpha value is -0.610.